The molecule has 0 bridgehead atoms. The molecular formula is C30H28FN5O3. The van der Waals surface area contributed by atoms with Gasteiger partial charge < -0.3 is 10.4 Å². The summed E-state index contributed by atoms with van der Waals surface area (Å²) in [7, 11) is 0. The number of para-hydroxylation sites is 1. The monoisotopic (exact) mass is 525 g/mol. The second-order valence-electron chi connectivity index (χ2n) is 10.3. The normalized spacial score (nSPS) is 13.9. The molecule has 0 aliphatic carbocycles. The number of anilines is 1. The third-order valence-corrected chi connectivity index (χ3v) is 7.52. The van der Waals surface area contributed by atoms with Crippen molar-refractivity contribution in [1.82, 2.24) is 19.2 Å². The van der Waals surface area contributed by atoms with Gasteiger partial charge in [0.25, 0.3) is 5.56 Å². The van der Waals surface area contributed by atoms with E-state index in [0.29, 0.717) is 33.7 Å². The highest BCUT2D eigenvalue weighted by Crippen LogP contribution is 2.32. The lowest BCUT2D eigenvalue weighted by Crippen LogP contribution is -2.22. The summed E-state index contributed by atoms with van der Waals surface area (Å²) in [6, 6.07) is 11.5. The highest BCUT2D eigenvalue weighted by atomic mass is 19.1. The van der Waals surface area contributed by atoms with E-state index in [-0.39, 0.29) is 17.2 Å². The van der Waals surface area contributed by atoms with Crippen LogP contribution in [0.5, 0.6) is 0 Å². The van der Waals surface area contributed by atoms with Crippen LogP contribution in [0.2, 0.25) is 0 Å². The summed E-state index contributed by atoms with van der Waals surface area (Å²) >= 11 is 0. The van der Waals surface area contributed by atoms with Crippen LogP contribution >= 0.6 is 0 Å². The van der Waals surface area contributed by atoms with Crippen LogP contribution in [-0.4, -0.2) is 30.2 Å². The molecule has 1 atom stereocenters. The first-order valence-corrected chi connectivity index (χ1v) is 13.0. The van der Waals surface area contributed by atoms with E-state index in [1.54, 1.807) is 31.3 Å². The second-order valence-corrected chi connectivity index (χ2v) is 10.3. The average molecular weight is 526 g/mol. The number of aryl methyl sites for hydroxylation is 3. The molecule has 5 aromatic rings. The second kappa shape index (κ2) is 9.34. The predicted molar refractivity (Wildman–Crippen MR) is 148 cm³/mol. The number of nitrogens with one attached hydrogen (secondary N) is 1. The Bertz CT molecular complexity index is 1860. The van der Waals surface area contributed by atoms with E-state index in [1.165, 1.54) is 16.5 Å². The van der Waals surface area contributed by atoms with Gasteiger partial charge in [-0.2, -0.15) is 5.10 Å². The Morgan fingerprint density at radius 2 is 1.95 bits per heavy atom. The van der Waals surface area contributed by atoms with Crippen molar-refractivity contribution in [2.75, 3.05) is 5.32 Å². The number of aromatic nitrogens is 4. The van der Waals surface area contributed by atoms with Crippen molar-refractivity contribution in [1.29, 1.82) is 0 Å². The first-order chi connectivity index (χ1) is 18.7. The van der Waals surface area contributed by atoms with Gasteiger partial charge in [0.05, 0.1) is 17.3 Å². The Kier molecular flexibility index (Phi) is 5.94. The van der Waals surface area contributed by atoms with Crippen LogP contribution in [0.25, 0.3) is 27.8 Å². The molecule has 198 valence electrons. The highest BCUT2D eigenvalue weighted by molar-refractivity contribution is 5.94. The van der Waals surface area contributed by atoms with Gasteiger partial charge in [-0.05, 0) is 75.9 Å². The average Bonchev–Trinajstić information content (AvgIpc) is 3.30. The molecule has 4 heterocycles. The number of hydrogen-bond acceptors (Lipinski definition) is 5. The zero-order valence-electron chi connectivity index (χ0n) is 22.0. The lowest BCUT2D eigenvalue weighted by molar-refractivity contribution is 0.0698. The third-order valence-electron chi connectivity index (χ3n) is 7.52. The molecule has 8 nitrogen and oxygen atoms in total. The van der Waals surface area contributed by atoms with E-state index >= 15 is 4.39 Å². The van der Waals surface area contributed by atoms with Crippen LogP contribution in [-0.2, 0) is 13.0 Å². The molecule has 0 fully saturated rings. The third kappa shape index (κ3) is 4.14. The molecule has 3 aromatic heterocycles. The Labute approximate surface area is 223 Å². The van der Waals surface area contributed by atoms with E-state index in [9.17, 15) is 14.7 Å². The Morgan fingerprint density at radius 1 is 1.15 bits per heavy atom. The molecule has 2 aromatic carbocycles. The summed E-state index contributed by atoms with van der Waals surface area (Å²) in [5.41, 5.74) is 5.09. The van der Waals surface area contributed by atoms with Gasteiger partial charge in [-0.1, -0.05) is 12.1 Å². The van der Waals surface area contributed by atoms with Crippen molar-refractivity contribution < 1.29 is 14.3 Å². The van der Waals surface area contributed by atoms with Crippen molar-refractivity contribution >= 4 is 28.2 Å². The van der Waals surface area contributed by atoms with Crippen molar-refractivity contribution in [3.05, 3.63) is 92.8 Å². The number of aromatic carboxylic acids is 1. The largest absolute Gasteiger partial charge is 0.478 e. The minimum Gasteiger partial charge on any atom is -0.478 e. The van der Waals surface area contributed by atoms with Crippen LogP contribution in [0.4, 0.5) is 10.1 Å². The predicted octanol–water partition coefficient (Wildman–Crippen LogP) is 5.67. The van der Waals surface area contributed by atoms with E-state index < -0.39 is 11.8 Å². The smallest absolute Gasteiger partial charge is 0.337 e. The number of fused-ring (bicyclic) bond motifs is 4. The fourth-order valence-corrected chi connectivity index (χ4v) is 5.58. The molecule has 1 aliphatic heterocycles. The van der Waals surface area contributed by atoms with Gasteiger partial charge in [0.1, 0.15) is 11.2 Å². The minimum atomic E-state index is -1.04. The van der Waals surface area contributed by atoms with Gasteiger partial charge >= 0.3 is 5.97 Å². The van der Waals surface area contributed by atoms with Gasteiger partial charge in [0.2, 0.25) is 0 Å². The topological polar surface area (TPSA) is 102 Å². The molecule has 0 amide bonds. The summed E-state index contributed by atoms with van der Waals surface area (Å²) in [5, 5.41) is 18.1. The SMILES string of the molecule is Cc1cc([C@@H](C)Nc2ccccc2C(=O)O)c2nc(-c3cc(F)c4nn5c(c4c3)CCCC5)c(C)c(=O)n2c1. The minimum absolute atomic E-state index is 0.149. The molecule has 0 spiro atoms. The van der Waals surface area contributed by atoms with E-state index in [0.717, 1.165) is 48.0 Å². The maximum absolute atomic E-state index is 15.3. The molecule has 6 rings (SSSR count). The van der Waals surface area contributed by atoms with Crippen molar-refractivity contribution in [3.63, 3.8) is 0 Å². The number of carboxylic acids is 1. The first-order valence-electron chi connectivity index (χ1n) is 13.0. The molecule has 1 aliphatic rings. The molecule has 0 saturated heterocycles. The van der Waals surface area contributed by atoms with Gasteiger partial charge in [-0.25, -0.2) is 14.2 Å². The summed E-state index contributed by atoms with van der Waals surface area (Å²) in [4.78, 5) is 30.3. The number of rotatable bonds is 5. The fourth-order valence-electron chi connectivity index (χ4n) is 5.58. The van der Waals surface area contributed by atoms with Gasteiger partial charge in [0.15, 0.2) is 5.82 Å². The first kappa shape index (κ1) is 24.8. The molecule has 39 heavy (non-hydrogen) atoms. The van der Waals surface area contributed by atoms with Crippen molar-refractivity contribution in [3.8, 4) is 11.3 Å². The zero-order valence-corrected chi connectivity index (χ0v) is 22.0. The lowest BCUT2D eigenvalue weighted by Gasteiger charge is -2.20. The number of benzene rings is 2. The molecule has 0 radical (unpaired) electrons. The maximum atomic E-state index is 15.3. The van der Waals surface area contributed by atoms with Crippen LogP contribution in [0, 0.1) is 19.7 Å². The number of halogens is 1. The lowest BCUT2D eigenvalue weighted by atomic mass is 10.0. The Morgan fingerprint density at radius 3 is 2.74 bits per heavy atom. The Hall–Kier alpha value is -4.53. The zero-order chi connectivity index (χ0) is 27.4. The van der Waals surface area contributed by atoms with Gasteiger partial charge in [-0.3, -0.25) is 13.9 Å². The number of pyridine rings is 1. The van der Waals surface area contributed by atoms with Gasteiger partial charge in [-0.15, -0.1) is 0 Å². The number of nitrogens with zero attached hydrogens (tertiary/aromatic N) is 4. The van der Waals surface area contributed by atoms with E-state index in [4.69, 9.17) is 4.98 Å². The molecule has 2 N–H and O–H groups in total. The molecular weight excluding hydrogens is 497 g/mol. The van der Waals surface area contributed by atoms with E-state index in [2.05, 4.69) is 10.4 Å². The van der Waals surface area contributed by atoms with E-state index in [1.807, 2.05) is 30.7 Å². The summed E-state index contributed by atoms with van der Waals surface area (Å²) in [5.74, 6) is -1.47. The van der Waals surface area contributed by atoms with Crippen LogP contribution in [0.1, 0.15) is 58.5 Å². The summed E-state index contributed by atoms with van der Waals surface area (Å²) in [6.07, 6.45) is 4.61. The van der Waals surface area contributed by atoms with Crippen molar-refractivity contribution in [2.24, 2.45) is 0 Å². The summed E-state index contributed by atoms with van der Waals surface area (Å²) in [6.45, 7) is 6.26. The fraction of sp³-hybridized carbons (Fsp3) is 0.267. The molecule has 9 heteroatoms. The molecule has 0 saturated carbocycles. The van der Waals surface area contributed by atoms with Crippen LogP contribution in [0.3, 0.4) is 0 Å². The van der Waals surface area contributed by atoms with Crippen LogP contribution < -0.4 is 10.9 Å². The molecule has 0 unspecified atom stereocenters. The number of carboxylic acid groups (broad SMARTS) is 1. The van der Waals surface area contributed by atoms with Gasteiger partial charge in [0, 0.05) is 46.2 Å². The Balaban J connectivity index is 1.53. The summed E-state index contributed by atoms with van der Waals surface area (Å²) < 4.78 is 18.7. The standard InChI is InChI=1S/C30H28FN5O3/c1-16-12-21(18(3)32-24-9-5-4-8-20(24)30(38)39)28-33-26(17(2)29(37)35(28)15-16)19-13-22-25-10-6-7-11-36(25)34-27(22)23(31)14-19/h4-5,8-9,12-15,18,32H,6-7,10-11H2,1-3H3,(H,38,39)/t18-/m1/s1. The van der Waals surface area contributed by atoms with Crippen LogP contribution in [0.15, 0.2) is 53.5 Å². The number of hydrogen-bond donors (Lipinski definition) is 2. The highest BCUT2D eigenvalue weighted by Gasteiger charge is 2.22. The number of carbonyl (C=O) groups is 1. The maximum Gasteiger partial charge on any atom is 0.337 e. The van der Waals surface area contributed by atoms with Crippen molar-refractivity contribution in [2.45, 2.75) is 52.6 Å². The quantitative estimate of drug-likeness (QED) is 0.306.